The molecule has 2 aromatic rings. The molecular formula is C16H18N2O2S. The van der Waals surface area contributed by atoms with Crippen molar-refractivity contribution < 1.29 is 8.42 Å². The largest absolute Gasteiger partial charge is 0.388 e. The fourth-order valence-electron chi connectivity index (χ4n) is 2.63. The minimum absolute atomic E-state index is 0.334. The van der Waals surface area contributed by atoms with Gasteiger partial charge in [-0.2, -0.15) is 0 Å². The van der Waals surface area contributed by atoms with E-state index in [0.29, 0.717) is 10.6 Å². The Balaban J connectivity index is 1.86. The van der Waals surface area contributed by atoms with Crippen molar-refractivity contribution in [1.82, 2.24) is 0 Å². The lowest BCUT2D eigenvalue weighted by molar-refractivity contribution is 0.601. The zero-order valence-electron chi connectivity index (χ0n) is 11.9. The lowest BCUT2D eigenvalue weighted by atomic mass is 10.1. The maximum absolute atomic E-state index is 12.4. The Morgan fingerprint density at radius 1 is 0.905 bits per heavy atom. The number of rotatable bonds is 4. The second-order valence-electron chi connectivity index (χ2n) is 5.22. The van der Waals surface area contributed by atoms with E-state index in [1.165, 1.54) is 5.56 Å². The molecule has 2 N–H and O–H groups in total. The third-order valence-corrected chi connectivity index (χ3v) is 5.19. The van der Waals surface area contributed by atoms with E-state index in [4.69, 9.17) is 0 Å². The zero-order valence-corrected chi connectivity index (χ0v) is 12.7. The summed E-state index contributed by atoms with van der Waals surface area (Å²) in [5, 5.41) is 3.00. The summed E-state index contributed by atoms with van der Waals surface area (Å²) in [6.07, 6.45) is 3.13. The molecule has 0 heterocycles. The minimum atomic E-state index is -3.52. The first-order valence-electron chi connectivity index (χ1n) is 7.01. The number of aryl methyl sites for hydroxylation is 2. The van der Waals surface area contributed by atoms with E-state index < -0.39 is 10.0 Å². The summed E-state index contributed by atoms with van der Waals surface area (Å²) in [5.74, 6) is 0. The van der Waals surface area contributed by atoms with Crippen molar-refractivity contribution >= 4 is 21.4 Å². The van der Waals surface area contributed by atoms with Gasteiger partial charge in [0.2, 0.25) is 0 Å². The summed E-state index contributed by atoms with van der Waals surface area (Å²) in [6, 6.07) is 12.6. The molecule has 21 heavy (non-hydrogen) atoms. The topological polar surface area (TPSA) is 58.2 Å². The molecule has 0 atom stereocenters. The molecule has 0 unspecified atom stereocenters. The molecule has 1 aliphatic rings. The lowest BCUT2D eigenvalue weighted by Crippen LogP contribution is -2.13. The number of anilines is 2. The highest BCUT2D eigenvalue weighted by molar-refractivity contribution is 7.92. The molecule has 0 spiro atoms. The van der Waals surface area contributed by atoms with Crippen LogP contribution in [0.1, 0.15) is 17.5 Å². The average Bonchev–Trinajstić information content (AvgIpc) is 2.95. The second kappa shape index (κ2) is 5.41. The average molecular weight is 302 g/mol. The highest BCUT2D eigenvalue weighted by Crippen LogP contribution is 2.26. The van der Waals surface area contributed by atoms with Gasteiger partial charge >= 0.3 is 0 Å². The standard InChI is InChI=1S/C16H18N2O2S/c1-17-14-6-8-15(9-7-14)18-21(19,20)16-10-5-12-3-2-4-13(12)11-16/h5-11,17-18H,2-4H2,1H3. The smallest absolute Gasteiger partial charge is 0.261 e. The summed E-state index contributed by atoms with van der Waals surface area (Å²) in [6.45, 7) is 0. The van der Waals surface area contributed by atoms with Gasteiger partial charge in [-0.15, -0.1) is 0 Å². The number of fused-ring (bicyclic) bond motifs is 1. The van der Waals surface area contributed by atoms with Crippen LogP contribution in [-0.2, 0) is 22.9 Å². The Morgan fingerprint density at radius 2 is 1.57 bits per heavy atom. The van der Waals surface area contributed by atoms with Gasteiger partial charge in [0.1, 0.15) is 0 Å². The predicted octanol–water partition coefficient (Wildman–Crippen LogP) is 3.02. The van der Waals surface area contributed by atoms with Gasteiger partial charge in [-0.05, 0) is 66.8 Å². The van der Waals surface area contributed by atoms with Crippen LogP contribution in [0.2, 0.25) is 0 Å². The van der Waals surface area contributed by atoms with Crippen molar-refractivity contribution in [1.29, 1.82) is 0 Å². The van der Waals surface area contributed by atoms with E-state index in [-0.39, 0.29) is 0 Å². The fourth-order valence-corrected chi connectivity index (χ4v) is 3.74. The molecule has 5 heteroatoms. The Labute approximate surface area is 125 Å². The van der Waals surface area contributed by atoms with Gasteiger partial charge in [-0.25, -0.2) is 8.42 Å². The van der Waals surface area contributed by atoms with Gasteiger partial charge < -0.3 is 5.32 Å². The second-order valence-corrected chi connectivity index (χ2v) is 6.90. The molecule has 110 valence electrons. The maximum Gasteiger partial charge on any atom is 0.261 e. The van der Waals surface area contributed by atoms with Crippen LogP contribution in [0.4, 0.5) is 11.4 Å². The van der Waals surface area contributed by atoms with Crippen molar-refractivity contribution in [2.24, 2.45) is 0 Å². The van der Waals surface area contributed by atoms with Crippen molar-refractivity contribution in [3.63, 3.8) is 0 Å². The van der Waals surface area contributed by atoms with E-state index in [1.807, 2.05) is 25.2 Å². The molecule has 1 aliphatic carbocycles. The molecule has 0 fully saturated rings. The molecule has 0 saturated heterocycles. The van der Waals surface area contributed by atoms with Crippen LogP contribution in [0, 0.1) is 0 Å². The lowest BCUT2D eigenvalue weighted by Gasteiger charge is -2.10. The van der Waals surface area contributed by atoms with E-state index >= 15 is 0 Å². The van der Waals surface area contributed by atoms with Gasteiger partial charge in [0, 0.05) is 18.4 Å². The first-order valence-corrected chi connectivity index (χ1v) is 8.49. The van der Waals surface area contributed by atoms with Crippen LogP contribution in [0.15, 0.2) is 47.4 Å². The van der Waals surface area contributed by atoms with Crippen LogP contribution in [0.3, 0.4) is 0 Å². The van der Waals surface area contributed by atoms with Gasteiger partial charge in [-0.3, -0.25) is 4.72 Å². The zero-order chi connectivity index (χ0) is 14.9. The Kier molecular flexibility index (Phi) is 3.59. The van der Waals surface area contributed by atoms with Crippen LogP contribution < -0.4 is 10.0 Å². The molecule has 0 radical (unpaired) electrons. The van der Waals surface area contributed by atoms with E-state index in [1.54, 1.807) is 24.3 Å². The van der Waals surface area contributed by atoms with Crippen molar-refractivity contribution in [2.45, 2.75) is 24.2 Å². The minimum Gasteiger partial charge on any atom is -0.388 e. The Morgan fingerprint density at radius 3 is 2.29 bits per heavy atom. The number of nitrogens with one attached hydrogen (secondary N) is 2. The summed E-state index contributed by atoms with van der Waals surface area (Å²) in [5.41, 5.74) is 3.93. The van der Waals surface area contributed by atoms with Crippen LogP contribution in [-0.4, -0.2) is 15.5 Å². The monoisotopic (exact) mass is 302 g/mol. The van der Waals surface area contributed by atoms with E-state index in [0.717, 1.165) is 30.5 Å². The predicted molar refractivity (Wildman–Crippen MR) is 85.3 cm³/mol. The number of benzene rings is 2. The van der Waals surface area contributed by atoms with Gasteiger partial charge in [0.25, 0.3) is 10.0 Å². The highest BCUT2D eigenvalue weighted by atomic mass is 32.2. The van der Waals surface area contributed by atoms with Crippen LogP contribution >= 0.6 is 0 Å². The fraction of sp³-hybridized carbons (Fsp3) is 0.250. The molecule has 0 saturated carbocycles. The number of sulfonamides is 1. The Hall–Kier alpha value is -2.01. The SMILES string of the molecule is CNc1ccc(NS(=O)(=O)c2ccc3c(c2)CCC3)cc1. The summed E-state index contributed by atoms with van der Waals surface area (Å²) in [7, 11) is -1.70. The molecule has 0 aliphatic heterocycles. The number of hydrogen-bond acceptors (Lipinski definition) is 3. The van der Waals surface area contributed by atoms with Crippen LogP contribution in [0.25, 0.3) is 0 Å². The third kappa shape index (κ3) is 2.88. The summed E-state index contributed by atoms with van der Waals surface area (Å²) >= 11 is 0. The molecule has 3 rings (SSSR count). The van der Waals surface area contributed by atoms with Crippen molar-refractivity contribution in [2.75, 3.05) is 17.1 Å². The molecule has 0 aromatic heterocycles. The third-order valence-electron chi connectivity index (χ3n) is 3.81. The van der Waals surface area contributed by atoms with E-state index in [9.17, 15) is 8.42 Å². The number of hydrogen-bond donors (Lipinski definition) is 2. The van der Waals surface area contributed by atoms with Crippen molar-refractivity contribution in [3.8, 4) is 0 Å². The molecule has 0 amide bonds. The maximum atomic E-state index is 12.4. The quantitative estimate of drug-likeness (QED) is 0.912. The molecular weight excluding hydrogens is 284 g/mol. The molecule has 4 nitrogen and oxygen atoms in total. The van der Waals surface area contributed by atoms with Gasteiger partial charge in [0.05, 0.1) is 4.90 Å². The first kappa shape index (κ1) is 13.9. The molecule has 0 bridgehead atoms. The highest BCUT2D eigenvalue weighted by Gasteiger charge is 2.18. The Bertz CT molecular complexity index is 752. The summed E-state index contributed by atoms with van der Waals surface area (Å²) in [4.78, 5) is 0.334. The molecule has 2 aromatic carbocycles. The first-order chi connectivity index (χ1) is 10.1. The normalized spacial score (nSPS) is 13.8. The van der Waals surface area contributed by atoms with E-state index in [2.05, 4.69) is 10.0 Å². The van der Waals surface area contributed by atoms with Crippen molar-refractivity contribution in [3.05, 3.63) is 53.6 Å². The van der Waals surface area contributed by atoms with Gasteiger partial charge in [0.15, 0.2) is 0 Å². The van der Waals surface area contributed by atoms with Gasteiger partial charge in [-0.1, -0.05) is 6.07 Å². The van der Waals surface area contributed by atoms with Crippen LogP contribution in [0.5, 0.6) is 0 Å². The summed E-state index contributed by atoms with van der Waals surface area (Å²) < 4.78 is 27.5.